The Morgan fingerprint density at radius 3 is 2.12 bits per heavy atom. The molecule has 0 amide bonds. The first kappa shape index (κ1) is 10.5. The standard InChI is InChI=1S/C4H10N2.C2H6/c1-3-6-4-5-2;1-2/h3,5-6H,1,4H2,2H3;1-2H3. The van der Waals surface area contributed by atoms with E-state index in [4.69, 9.17) is 0 Å². The van der Waals surface area contributed by atoms with Crippen LogP contribution in [0.25, 0.3) is 0 Å². The molecule has 0 fully saturated rings. The van der Waals surface area contributed by atoms with Crippen LogP contribution >= 0.6 is 0 Å². The fourth-order valence-corrected chi connectivity index (χ4v) is 0.174. The molecule has 50 valence electrons. The van der Waals surface area contributed by atoms with Gasteiger partial charge in [0.1, 0.15) is 0 Å². The van der Waals surface area contributed by atoms with Gasteiger partial charge in [0, 0.05) is 0 Å². The molecule has 0 spiro atoms. The fraction of sp³-hybridized carbons (Fsp3) is 0.667. The highest BCUT2D eigenvalue weighted by molar-refractivity contribution is 4.59. The van der Waals surface area contributed by atoms with Crippen LogP contribution in [0.2, 0.25) is 0 Å². The van der Waals surface area contributed by atoms with Gasteiger partial charge in [0.05, 0.1) is 6.67 Å². The van der Waals surface area contributed by atoms with Crippen LogP contribution in [0.3, 0.4) is 0 Å². The van der Waals surface area contributed by atoms with Crippen molar-refractivity contribution in [3.05, 3.63) is 12.8 Å². The maximum Gasteiger partial charge on any atom is 0.0645 e. The van der Waals surface area contributed by atoms with Crippen LogP contribution in [-0.4, -0.2) is 13.7 Å². The van der Waals surface area contributed by atoms with Gasteiger partial charge in [0.15, 0.2) is 0 Å². The second-order valence-corrected chi connectivity index (χ2v) is 0.939. The molecule has 0 saturated carbocycles. The fourth-order valence-electron chi connectivity index (χ4n) is 0.174. The summed E-state index contributed by atoms with van der Waals surface area (Å²) in [6.45, 7) is 8.24. The van der Waals surface area contributed by atoms with E-state index in [9.17, 15) is 0 Å². The minimum atomic E-state index is 0.795. The van der Waals surface area contributed by atoms with E-state index in [-0.39, 0.29) is 0 Å². The van der Waals surface area contributed by atoms with Crippen molar-refractivity contribution in [3.8, 4) is 0 Å². The molecule has 0 unspecified atom stereocenters. The zero-order valence-electron chi connectivity index (χ0n) is 5.99. The number of hydrogen-bond donors (Lipinski definition) is 2. The first-order chi connectivity index (χ1) is 3.91. The third-order valence-corrected chi connectivity index (χ3v) is 0.423. The average Bonchev–Trinajstić information content (AvgIpc) is 1.88. The van der Waals surface area contributed by atoms with E-state index >= 15 is 0 Å². The lowest BCUT2D eigenvalue weighted by Gasteiger charge is -1.92. The SMILES string of the molecule is C=CNCNC.CC. The van der Waals surface area contributed by atoms with Crippen molar-refractivity contribution in [2.45, 2.75) is 13.8 Å². The second-order valence-electron chi connectivity index (χ2n) is 0.939. The van der Waals surface area contributed by atoms with Gasteiger partial charge in [-0.25, -0.2) is 0 Å². The van der Waals surface area contributed by atoms with Crippen molar-refractivity contribution in [2.24, 2.45) is 0 Å². The Bertz CT molecular complexity index is 35.5. The first-order valence-corrected chi connectivity index (χ1v) is 2.90. The highest BCUT2D eigenvalue weighted by Crippen LogP contribution is 1.44. The minimum Gasteiger partial charge on any atom is -0.379 e. The van der Waals surface area contributed by atoms with Crippen LogP contribution in [0.15, 0.2) is 12.8 Å². The van der Waals surface area contributed by atoms with E-state index in [1.165, 1.54) is 0 Å². The first-order valence-electron chi connectivity index (χ1n) is 2.90. The lowest BCUT2D eigenvalue weighted by molar-refractivity contribution is 0.738. The molecule has 0 saturated heterocycles. The van der Waals surface area contributed by atoms with E-state index < -0.39 is 0 Å². The van der Waals surface area contributed by atoms with Crippen molar-refractivity contribution >= 4 is 0 Å². The molecule has 0 bridgehead atoms. The monoisotopic (exact) mass is 116 g/mol. The molecule has 0 aromatic carbocycles. The molecular weight excluding hydrogens is 100 g/mol. The van der Waals surface area contributed by atoms with Gasteiger partial charge in [-0.2, -0.15) is 0 Å². The zero-order valence-corrected chi connectivity index (χ0v) is 5.99. The van der Waals surface area contributed by atoms with Crippen molar-refractivity contribution in [1.82, 2.24) is 10.6 Å². The van der Waals surface area contributed by atoms with Gasteiger partial charge >= 0.3 is 0 Å². The topological polar surface area (TPSA) is 24.1 Å². The van der Waals surface area contributed by atoms with Crippen molar-refractivity contribution < 1.29 is 0 Å². The van der Waals surface area contributed by atoms with E-state index in [1.807, 2.05) is 20.9 Å². The van der Waals surface area contributed by atoms with E-state index in [2.05, 4.69) is 17.2 Å². The van der Waals surface area contributed by atoms with Gasteiger partial charge in [-0.05, 0) is 13.2 Å². The summed E-state index contributed by atoms with van der Waals surface area (Å²) < 4.78 is 0. The molecule has 2 N–H and O–H groups in total. The van der Waals surface area contributed by atoms with E-state index in [0.717, 1.165) is 6.67 Å². The average molecular weight is 116 g/mol. The second kappa shape index (κ2) is 16.1. The minimum absolute atomic E-state index is 0.795. The van der Waals surface area contributed by atoms with Gasteiger partial charge in [0.2, 0.25) is 0 Å². The zero-order chi connectivity index (χ0) is 6.83. The largest absolute Gasteiger partial charge is 0.379 e. The maximum absolute atomic E-state index is 3.45. The van der Waals surface area contributed by atoms with Gasteiger partial charge in [0.25, 0.3) is 0 Å². The van der Waals surface area contributed by atoms with Crippen LogP contribution in [-0.2, 0) is 0 Å². The predicted molar refractivity (Wildman–Crippen MR) is 38.6 cm³/mol. The summed E-state index contributed by atoms with van der Waals surface area (Å²) in [5.41, 5.74) is 0. The molecule has 0 heterocycles. The molecule has 0 rings (SSSR count). The normalized spacial score (nSPS) is 6.38. The third-order valence-electron chi connectivity index (χ3n) is 0.423. The van der Waals surface area contributed by atoms with Gasteiger partial charge < -0.3 is 10.6 Å². The third kappa shape index (κ3) is 17.8. The van der Waals surface area contributed by atoms with Gasteiger partial charge in [-0.1, -0.05) is 20.4 Å². The quantitative estimate of drug-likeness (QED) is 0.423. The van der Waals surface area contributed by atoms with Crippen LogP contribution in [0.5, 0.6) is 0 Å². The summed E-state index contributed by atoms with van der Waals surface area (Å²) in [7, 11) is 1.87. The Morgan fingerprint density at radius 1 is 1.50 bits per heavy atom. The summed E-state index contributed by atoms with van der Waals surface area (Å²) in [6, 6.07) is 0. The molecule has 2 heteroatoms. The van der Waals surface area contributed by atoms with Crippen LogP contribution < -0.4 is 10.6 Å². The van der Waals surface area contributed by atoms with Gasteiger partial charge in [-0.3, -0.25) is 0 Å². The Kier molecular flexibility index (Phi) is 21.0. The molecule has 8 heavy (non-hydrogen) atoms. The smallest absolute Gasteiger partial charge is 0.0645 e. The van der Waals surface area contributed by atoms with E-state index in [0.29, 0.717) is 0 Å². The molecule has 0 aliphatic rings. The molecular formula is C6H16N2. The van der Waals surface area contributed by atoms with E-state index in [1.54, 1.807) is 6.20 Å². The molecule has 2 nitrogen and oxygen atoms in total. The van der Waals surface area contributed by atoms with Crippen LogP contribution in [0, 0.1) is 0 Å². The number of nitrogens with one attached hydrogen (secondary N) is 2. The molecule has 0 radical (unpaired) electrons. The number of rotatable bonds is 3. The molecule has 0 aliphatic carbocycles. The molecule has 0 aromatic rings. The highest BCUT2D eigenvalue weighted by Gasteiger charge is 1.62. The summed E-state index contributed by atoms with van der Waals surface area (Å²) >= 11 is 0. The summed E-state index contributed by atoms with van der Waals surface area (Å²) in [5, 5.41) is 5.74. The Balaban J connectivity index is 0. The van der Waals surface area contributed by atoms with Crippen molar-refractivity contribution in [3.63, 3.8) is 0 Å². The predicted octanol–water partition coefficient (Wildman–Crippen LogP) is 0.923. The molecule has 0 aliphatic heterocycles. The van der Waals surface area contributed by atoms with Crippen molar-refractivity contribution in [1.29, 1.82) is 0 Å². The van der Waals surface area contributed by atoms with Crippen molar-refractivity contribution in [2.75, 3.05) is 13.7 Å². The van der Waals surface area contributed by atoms with Gasteiger partial charge in [-0.15, -0.1) is 0 Å². The molecule has 0 aromatic heterocycles. The number of hydrogen-bond acceptors (Lipinski definition) is 2. The Labute approximate surface area is 52.0 Å². The highest BCUT2D eigenvalue weighted by atomic mass is 15.0. The van der Waals surface area contributed by atoms with Crippen LogP contribution in [0.1, 0.15) is 13.8 Å². The Morgan fingerprint density at radius 2 is 2.00 bits per heavy atom. The Hall–Kier alpha value is -0.500. The summed E-state index contributed by atoms with van der Waals surface area (Å²) in [6.07, 6.45) is 1.65. The maximum atomic E-state index is 3.45. The lowest BCUT2D eigenvalue weighted by atomic mass is 10.9. The molecule has 0 atom stereocenters. The summed E-state index contributed by atoms with van der Waals surface area (Å²) in [4.78, 5) is 0. The summed E-state index contributed by atoms with van der Waals surface area (Å²) in [5.74, 6) is 0. The lowest BCUT2D eigenvalue weighted by Crippen LogP contribution is -2.20. The van der Waals surface area contributed by atoms with Crippen LogP contribution in [0.4, 0.5) is 0 Å².